The first kappa shape index (κ1) is 15.7. The summed E-state index contributed by atoms with van der Waals surface area (Å²) in [4.78, 5) is 48.4. The van der Waals surface area contributed by atoms with Gasteiger partial charge in [0, 0.05) is 0 Å². The first-order chi connectivity index (χ1) is 8.17. The number of hydrogen-bond acceptors (Lipinski definition) is 6. The average Bonchev–Trinajstić information content (AvgIpc) is 2.27. The standard InChI is InChI=1S/C10H12N4O4/c1-9(2,7(17)11-5-15)13-14-10(3,4)8(18)12-6-16/h1-4H3. The third-order valence-electron chi connectivity index (χ3n) is 1.89. The molecule has 0 N–H and O–H groups in total. The second-order valence-corrected chi connectivity index (χ2v) is 4.33. The van der Waals surface area contributed by atoms with Crippen LogP contribution in [-0.2, 0) is 19.2 Å². The fourth-order valence-corrected chi connectivity index (χ4v) is 0.692. The van der Waals surface area contributed by atoms with Crippen molar-refractivity contribution >= 4 is 24.0 Å². The highest BCUT2D eigenvalue weighted by molar-refractivity contribution is 5.90. The molecule has 8 heteroatoms. The van der Waals surface area contributed by atoms with E-state index in [2.05, 4.69) is 20.2 Å². The number of carbonyl (C=O) groups excluding carboxylic acids is 4. The summed E-state index contributed by atoms with van der Waals surface area (Å²) >= 11 is 0. The number of azo groups is 1. The Morgan fingerprint density at radius 1 is 0.778 bits per heavy atom. The van der Waals surface area contributed by atoms with Crippen LogP contribution in [0.25, 0.3) is 0 Å². The van der Waals surface area contributed by atoms with Crippen LogP contribution < -0.4 is 0 Å². The van der Waals surface area contributed by atoms with Gasteiger partial charge in [0.05, 0.1) is 0 Å². The molecule has 0 saturated carbocycles. The maximum Gasteiger partial charge on any atom is 0.285 e. The molecule has 0 fully saturated rings. The van der Waals surface area contributed by atoms with Crippen molar-refractivity contribution in [2.75, 3.05) is 0 Å². The van der Waals surface area contributed by atoms with Gasteiger partial charge >= 0.3 is 0 Å². The molecule has 0 aliphatic carbocycles. The van der Waals surface area contributed by atoms with Crippen molar-refractivity contribution in [1.29, 1.82) is 0 Å². The van der Waals surface area contributed by atoms with Gasteiger partial charge < -0.3 is 0 Å². The Labute approximate surface area is 103 Å². The highest BCUT2D eigenvalue weighted by atomic mass is 16.2. The Bertz CT molecular complexity index is 436. The maximum absolute atomic E-state index is 11.3. The molecule has 0 aliphatic heterocycles. The number of rotatable bonds is 4. The van der Waals surface area contributed by atoms with E-state index >= 15 is 0 Å². The zero-order valence-corrected chi connectivity index (χ0v) is 10.4. The third kappa shape index (κ3) is 4.29. The molecule has 0 aromatic carbocycles. The molecule has 0 rings (SSSR count). The minimum absolute atomic E-state index is 0.844. The fourth-order valence-electron chi connectivity index (χ4n) is 0.692. The first-order valence-electron chi connectivity index (χ1n) is 4.86. The lowest BCUT2D eigenvalue weighted by molar-refractivity contribution is -0.123. The van der Waals surface area contributed by atoms with Crippen LogP contribution in [0.1, 0.15) is 27.7 Å². The van der Waals surface area contributed by atoms with Crippen LogP contribution in [0, 0.1) is 0 Å². The van der Waals surface area contributed by atoms with Crippen LogP contribution in [0.15, 0.2) is 20.2 Å². The van der Waals surface area contributed by atoms with Crippen molar-refractivity contribution in [2.45, 2.75) is 38.8 Å². The Morgan fingerprint density at radius 3 is 1.28 bits per heavy atom. The summed E-state index contributed by atoms with van der Waals surface area (Å²) in [7, 11) is 0. The lowest BCUT2D eigenvalue weighted by Gasteiger charge is -2.17. The number of aliphatic imine (C=N–C) groups is 2. The molecular weight excluding hydrogens is 240 g/mol. The summed E-state index contributed by atoms with van der Waals surface area (Å²) in [6.07, 6.45) is 2.20. The lowest BCUT2D eigenvalue weighted by atomic mass is 10.1. The van der Waals surface area contributed by atoms with Crippen LogP contribution in [0.3, 0.4) is 0 Å². The van der Waals surface area contributed by atoms with Crippen LogP contribution in [0.5, 0.6) is 0 Å². The maximum atomic E-state index is 11.3. The smallest absolute Gasteiger partial charge is 0.269 e. The lowest BCUT2D eigenvalue weighted by Crippen LogP contribution is -2.31. The third-order valence-corrected chi connectivity index (χ3v) is 1.89. The molecule has 0 bridgehead atoms. The molecule has 18 heavy (non-hydrogen) atoms. The highest BCUT2D eigenvalue weighted by Crippen LogP contribution is 2.18. The monoisotopic (exact) mass is 252 g/mol. The molecule has 0 unspecified atom stereocenters. The van der Waals surface area contributed by atoms with Crippen molar-refractivity contribution in [1.82, 2.24) is 0 Å². The van der Waals surface area contributed by atoms with E-state index in [1.54, 1.807) is 0 Å². The van der Waals surface area contributed by atoms with Gasteiger partial charge in [-0.3, -0.25) is 9.59 Å². The van der Waals surface area contributed by atoms with E-state index in [4.69, 9.17) is 0 Å². The zero-order valence-electron chi connectivity index (χ0n) is 10.4. The fraction of sp³-hybridized carbons (Fsp3) is 0.600. The molecule has 0 spiro atoms. The van der Waals surface area contributed by atoms with Crippen LogP contribution in [-0.4, -0.2) is 35.1 Å². The van der Waals surface area contributed by atoms with Crippen molar-refractivity contribution in [2.24, 2.45) is 20.2 Å². The van der Waals surface area contributed by atoms with Gasteiger partial charge in [-0.1, -0.05) is 0 Å². The van der Waals surface area contributed by atoms with Crippen molar-refractivity contribution < 1.29 is 19.2 Å². The molecule has 0 heterocycles. The largest absolute Gasteiger partial charge is 0.285 e. The SMILES string of the molecule is CC(C)(N=NC(C)(C)C(=O)N=C=O)C(=O)N=C=O. The Morgan fingerprint density at radius 2 is 1.06 bits per heavy atom. The quantitative estimate of drug-likeness (QED) is 0.416. The summed E-state index contributed by atoms with van der Waals surface area (Å²) < 4.78 is 0. The van der Waals surface area contributed by atoms with E-state index in [1.165, 1.54) is 27.7 Å². The molecule has 0 atom stereocenters. The van der Waals surface area contributed by atoms with Gasteiger partial charge in [0.2, 0.25) is 12.2 Å². The predicted octanol–water partition coefficient (Wildman–Crippen LogP) is 0.721. The van der Waals surface area contributed by atoms with Crippen molar-refractivity contribution in [3.05, 3.63) is 0 Å². The summed E-state index contributed by atoms with van der Waals surface area (Å²) in [6, 6.07) is 0. The Balaban J connectivity index is 5.14. The molecule has 0 aliphatic rings. The van der Waals surface area contributed by atoms with Gasteiger partial charge in [0.15, 0.2) is 11.1 Å². The summed E-state index contributed by atoms with van der Waals surface area (Å²) in [5, 5.41) is 7.28. The first-order valence-corrected chi connectivity index (χ1v) is 4.86. The van der Waals surface area contributed by atoms with E-state index < -0.39 is 22.9 Å². The van der Waals surface area contributed by atoms with Gasteiger partial charge in [-0.2, -0.15) is 10.2 Å². The van der Waals surface area contributed by atoms with E-state index in [0.717, 1.165) is 12.2 Å². The number of amides is 2. The van der Waals surface area contributed by atoms with E-state index in [9.17, 15) is 19.2 Å². The minimum Gasteiger partial charge on any atom is -0.269 e. The van der Waals surface area contributed by atoms with E-state index in [0.29, 0.717) is 0 Å². The second-order valence-electron chi connectivity index (χ2n) is 4.33. The minimum atomic E-state index is -1.40. The zero-order chi connectivity index (χ0) is 14.4. The molecule has 0 radical (unpaired) electrons. The van der Waals surface area contributed by atoms with Crippen molar-refractivity contribution in [3.63, 3.8) is 0 Å². The second kappa shape index (κ2) is 5.86. The normalized spacial score (nSPS) is 11.6. The average molecular weight is 252 g/mol. The summed E-state index contributed by atoms with van der Waals surface area (Å²) in [6.45, 7) is 5.46. The number of nitrogens with zero attached hydrogens (tertiary/aromatic N) is 4. The number of carbonyl (C=O) groups is 2. The molecule has 2 amide bonds. The Hall–Kier alpha value is -2.30. The number of hydrogen-bond donors (Lipinski definition) is 0. The summed E-state index contributed by atoms with van der Waals surface area (Å²) in [5.74, 6) is -1.69. The highest BCUT2D eigenvalue weighted by Gasteiger charge is 2.32. The van der Waals surface area contributed by atoms with Gasteiger partial charge in [0.1, 0.15) is 0 Å². The number of isocyanates is 2. The van der Waals surface area contributed by atoms with Gasteiger partial charge in [-0.15, -0.1) is 9.98 Å². The molecule has 0 aromatic rings. The van der Waals surface area contributed by atoms with Crippen LogP contribution in [0.2, 0.25) is 0 Å². The van der Waals surface area contributed by atoms with Gasteiger partial charge in [-0.05, 0) is 27.7 Å². The topological polar surface area (TPSA) is 118 Å². The summed E-state index contributed by atoms with van der Waals surface area (Å²) in [5.41, 5.74) is -2.81. The molecular formula is C10H12N4O4. The van der Waals surface area contributed by atoms with Gasteiger partial charge in [-0.25, -0.2) is 9.59 Å². The molecule has 0 aromatic heterocycles. The molecule has 96 valence electrons. The van der Waals surface area contributed by atoms with E-state index in [1.807, 2.05) is 0 Å². The van der Waals surface area contributed by atoms with Gasteiger partial charge in [0.25, 0.3) is 11.8 Å². The molecule has 8 nitrogen and oxygen atoms in total. The predicted molar refractivity (Wildman–Crippen MR) is 59.3 cm³/mol. The van der Waals surface area contributed by atoms with Crippen LogP contribution in [0.4, 0.5) is 0 Å². The van der Waals surface area contributed by atoms with E-state index in [-0.39, 0.29) is 0 Å². The Kier molecular flexibility index (Phi) is 5.11. The molecule has 0 saturated heterocycles. The van der Waals surface area contributed by atoms with Crippen molar-refractivity contribution in [3.8, 4) is 0 Å². The van der Waals surface area contributed by atoms with Crippen LogP contribution >= 0.6 is 0 Å².